The summed E-state index contributed by atoms with van der Waals surface area (Å²) in [7, 11) is 0. The summed E-state index contributed by atoms with van der Waals surface area (Å²) >= 11 is 1.53. The summed E-state index contributed by atoms with van der Waals surface area (Å²) in [5, 5.41) is 26.9. The molecule has 0 aliphatic heterocycles. The second-order valence-electron chi connectivity index (χ2n) is 4.78. The van der Waals surface area contributed by atoms with Crippen LogP contribution in [0.15, 0.2) is 18.2 Å². The minimum Gasteiger partial charge on any atom is -0.395 e. The molecule has 0 saturated carbocycles. The van der Waals surface area contributed by atoms with E-state index in [0.29, 0.717) is 17.9 Å². The number of aliphatic hydroxyl groups excluding tert-OH is 1. The van der Waals surface area contributed by atoms with Crippen molar-refractivity contribution in [2.45, 2.75) is 31.6 Å². The first-order chi connectivity index (χ1) is 10.0. The summed E-state index contributed by atoms with van der Waals surface area (Å²) in [5.74, 6) is 0. The molecule has 0 fully saturated rings. The third kappa shape index (κ3) is 4.78. The zero-order valence-corrected chi connectivity index (χ0v) is 13.4. The van der Waals surface area contributed by atoms with Gasteiger partial charge in [0.1, 0.15) is 11.4 Å². The van der Waals surface area contributed by atoms with Crippen molar-refractivity contribution in [1.29, 1.82) is 0 Å². The molecule has 0 bridgehead atoms. The number of benzene rings is 1. The number of nitrogens with zero attached hydrogens (tertiary/aromatic N) is 1. The maximum atomic E-state index is 11.4. The van der Waals surface area contributed by atoms with Crippen LogP contribution in [-0.4, -0.2) is 40.7 Å². The van der Waals surface area contributed by atoms with Crippen molar-refractivity contribution < 1.29 is 10.0 Å². The smallest absolute Gasteiger partial charge is 0.315 e. The van der Waals surface area contributed by atoms with Gasteiger partial charge >= 0.3 is 5.69 Å². The number of anilines is 2. The van der Waals surface area contributed by atoms with Gasteiger partial charge in [-0.15, -0.1) is 0 Å². The van der Waals surface area contributed by atoms with Crippen LogP contribution in [0.1, 0.15) is 20.3 Å². The van der Waals surface area contributed by atoms with Crippen LogP contribution in [0.25, 0.3) is 0 Å². The molecule has 1 aromatic rings. The van der Waals surface area contributed by atoms with Crippen molar-refractivity contribution in [1.82, 2.24) is 0 Å². The van der Waals surface area contributed by atoms with Crippen molar-refractivity contribution in [3.63, 3.8) is 0 Å². The molecular weight excluding hydrogens is 290 g/mol. The van der Waals surface area contributed by atoms with Crippen LogP contribution < -0.4 is 10.6 Å². The average Bonchev–Trinajstić information content (AvgIpc) is 2.46. The van der Waals surface area contributed by atoms with Gasteiger partial charge in [0.2, 0.25) is 0 Å². The standard InChI is InChI=1S/C14H23N3O3S/c1-4-8-15-11-6-5-7-12(14(11)17(19)20)16-10(2)13(9-18)21-3/h5-7,10,13,15-16,18H,4,8-9H2,1-3H3. The Morgan fingerprint density at radius 1 is 1.43 bits per heavy atom. The molecular formula is C14H23N3O3S. The van der Waals surface area contributed by atoms with Crippen LogP contribution in [0.4, 0.5) is 17.1 Å². The Hall–Kier alpha value is -1.47. The highest BCUT2D eigenvalue weighted by Gasteiger charge is 2.23. The van der Waals surface area contributed by atoms with E-state index in [2.05, 4.69) is 10.6 Å². The Bertz CT molecular complexity index is 467. The number of para-hydroxylation sites is 1. The minimum atomic E-state index is -0.375. The summed E-state index contributed by atoms with van der Waals surface area (Å²) in [6.07, 6.45) is 2.80. The van der Waals surface area contributed by atoms with E-state index in [-0.39, 0.29) is 28.5 Å². The van der Waals surface area contributed by atoms with Crippen LogP contribution in [0.3, 0.4) is 0 Å². The molecule has 1 rings (SSSR count). The largest absolute Gasteiger partial charge is 0.395 e. The van der Waals surface area contributed by atoms with E-state index >= 15 is 0 Å². The molecule has 0 heterocycles. The number of aliphatic hydroxyl groups is 1. The fourth-order valence-corrected chi connectivity index (χ4v) is 2.66. The van der Waals surface area contributed by atoms with E-state index in [1.807, 2.05) is 20.1 Å². The van der Waals surface area contributed by atoms with Gasteiger partial charge in [0.15, 0.2) is 0 Å². The van der Waals surface area contributed by atoms with Crippen molar-refractivity contribution in [2.75, 3.05) is 30.0 Å². The van der Waals surface area contributed by atoms with E-state index in [1.165, 1.54) is 11.8 Å². The topological polar surface area (TPSA) is 87.4 Å². The van der Waals surface area contributed by atoms with Crippen LogP contribution in [0, 0.1) is 10.1 Å². The van der Waals surface area contributed by atoms with E-state index in [1.54, 1.807) is 18.2 Å². The predicted octanol–water partition coefficient (Wildman–Crippen LogP) is 2.94. The lowest BCUT2D eigenvalue weighted by atomic mass is 10.1. The van der Waals surface area contributed by atoms with Crippen molar-refractivity contribution in [2.24, 2.45) is 0 Å². The third-order valence-electron chi connectivity index (χ3n) is 3.21. The lowest BCUT2D eigenvalue weighted by molar-refractivity contribution is -0.383. The van der Waals surface area contributed by atoms with Gasteiger partial charge in [-0.2, -0.15) is 11.8 Å². The van der Waals surface area contributed by atoms with Gasteiger partial charge in [-0.3, -0.25) is 10.1 Å². The molecule has 0 aliphatic carbocycles. The number of rotatable bonds is 9. The summed E-state index contributed by atoms with van der Waals surface area (Å²) in [6.45, 7) is 4.63. The molecule has 7 heteroatoms. The number of nitrogens with one attached hydrogen (secondary N) is 2. The number of nitro groups is 1. The molecule has 1 aromatic carbocycles. The van der Waals surface area contributed by atoms with Crippen molar-refractivity contribution in [3.05, 3.63) is 28.3 Å². The summed E-state index contributed by atoms with van der Waals surface area (Å²) in [5.41, 5.74) is 1.04. The van der Waals surface area contributed by atoms with Gasteiger partial charge in [0.05, 0.1) is 11.5 Å². The Kier molecular flexibility index (Phi) is 7.31. The average molecular weight is 313 g/mol. The van der Waals surface area contributed by atoms with E-state index in [0.717, 1.165) is 6.42 Å². The van der Waals surface area contributed by atoms with E-state index in [4.69, 9.17) is 0 Å². The number of hydrogen-bond acceptors (Lipinski definition) is 6. The Morgan fingerprint density at radius 3 is 2.62 bits per heavy atom. The number of thioether (sulfide) groups is 1. The Morgan fingerprint density at radius 2 is 2.10 bits per heavy atom. The van der Waals surface area contributed by atoms with E-state index in [9.17, 15) is 15.2 Å². The first-order valence-electron chi connectivity index (χ1n) is 6.96. The molecule has 6 nitrogen and oxygen atoms in total. The van der Waals surface area contributed by atoms with E-state index < -0.39 is 0 Å². The molecule has 0 aliphatic rings. The van der Waals surface area contributed by atoms with Crippen LogP contribution in [0.5, 0.6) is 0 Å². The molecule has 0 amide bonds. The second kappa shape index (κ2) is 8.74. The summed E-state index contributed by atoms with van der Waals surface area (Å²) < 4.78 is 0. The molecule has 0 spiro atoms. The molecule has 118 valence electrons. The van der Waals surface area contributed by atoms with Gasteiger partial charge in [-0.25, -0.2) is 0 Å². The van der Waals surface area contributed by atoms with Gasteiger partial charge in [0, 0.05) is 17.8 Å². The number of nitro benzene ring substituents is 1. The zero-order valence-electron chi connectivity index (χ0n) is 12.6. The molecule has 2 unspecified atom stereocenters. The van der Waals surface area contributed by atoms with Crippen molar-refractivity contribution in [3.8, 4) is 0 Å². The first kappa shape index (κ1) is 17.6. The monoisotopic (exact) mass is 313 g/mol. The Labute approximate surface area is 129 Å². The van der Waals surface area contributed by atoms with Crippen LogP contribution >= 0.6 is 11.8 Å². The highest BCUT2D eigenvalue weighted by atomic mass is 32.2. The fourth-order valence-electron chi connectivity index (χ4n) is 2.03. The molecule has 3 N–H and O–H groups in total. The normalized spacial score (nSPS) is 13.5. The highest BCUT2D eigenvalue weighted by molar-refractivity contribution is 7.99. The molecule has 0 saturated heterocycles. The quantitative estimate of drug-likeness (QED) is 0.480. The summed E-state index contributed by atoms with van der Waals surface area (Å²) in [6, 6.07) is 5.11. The van der Waals surface area contributed by atoms with Crippen molar-refractivity contribution >= 4 is 28.8 Å². The molecule has 0 radical (unpaired) electrons. The fraction of sp³-hybridized carbons (Fsp3) is 0.571. The van der Waals surface area contributed by atoms with Gasteiger partial charge in [0.25, 0.3) is 0 Å². The van der Waals surface area contributed by atoms with Crippen LogP contribution in [-0.2, 0) is 0 Å². The predicted molar refractivity (Wildman–Crippen MR) is 89.4 cm³/mol. The second-order valence-corrected chi connectivity index (χ2v) is 5.85. The molecule has 2 atom stereocenters. The third-order valence-corrected chi connectivity index (χ3v) is 4.37. The maximum Gasteiger partial charge on any atom is 0.315 e. The number of hydrogen-bond donors (Lipinski definition) is 3. The lowest BCUT2D eigenvalue weighted by Gasteiger charge is -2.22. The Balaban J connectivity index is 3.03. The summed E-state index contributed by atoms with van der Waals surface area (Å²) in [4.78, 5) is 11.0. The van der Waals surface area contributed by atoms with Gasteiger partial charge in [-0.05, 0) is 31.7 Å². The first-order valence-corrected chi connectivity index (χ1v) is 8.25. The SMILES string of the molecule is CCCNc1cccc(NC(C)C(CO)SC)c1[N+](=O)[O-]. The van der Waals surface area contributed by atoms with Crippen LogP contribution in [0.2, 0.25) is 0 Å². The maximum absolute atomic E-state index is 11.4. The molecule has 0 aromatic heterocycles. The zero-order chi connectivity index (χ0) is 15.8. The van der Waals surface area contributed by atoms with Gasteiger partial charge < -0.3 is 15.7 Å². The lowest BCUT2D eigenvalue weighted by Crippen LogP contribution is -2.31. The molecule has 21 heavy (non-hydrogen) atoms. The van der Waals surface area contributed by atoms with Gasteiger partial charge in [-0.1, -0.05) is 13.0 Å². The minimum absolute atomic E-state index is 0.0168. The highest BCUT2D eigenvalue weighted by Crippen LogP contribution is 2.33.